The molecule has 112 valence electrons. The Labute approximate surface area is 122 Å². The molecule has 3 rings (SSSR count). The Hall–Kier alpha value is -2.11. The van der Waals surface area contributed by atoms with Gasteiger partial charge in [0.05, 0.1) is 4.92 Å². The van der Waals surface area contributed by atoms with Gasteiger partial charge in [0.1, 0.15) is 5.52 Å². The molecular weight excluding hydrogens is 270 g/mol. The molecule has 0 atom stereocenters. The van der Waals surface area contributed by atoms with Crippen LogP contribution in [0.15, 0.2) is 22.6 Å². The smallest absolute Gasteiger partial charge is 0.295 e. The van der Waals surface area contributed by atoms with Gasteiger partial charge < -0.3 is 9.73 Å². The lowest BCUT2D eigenvalue weighted by Gasteiger charge is -2.07. The number of fused-ring (bicyclic) bond motifs is 1. The van der Waals surface area contributed by atoms with Crippen LogP contribution in [-0.2, 0) is 0 Å². The summed E-state index contributed by atoms with van der Waals surface area (Å²) in [6.07, 6.45) is 7.84. The predicted molar refractivity (Wildman–Crippen MR) is 80.3 cm³/mol. The van der Waals surface area contributed by atoms with Crippen LogP contribution in [0.25, 0.3) is 11.1 Å². The molecule has 1 aliphatic carbocycles. The number of anilines is 1. The molecule has 0 bridgehead atoms. The van der Waals surface area contributed by atoms with Gasteiger partial charge in [0.2, 0.25) is 0 Å². The molecule has 1 fully saturated rings. The van der Waals surface area contributed by atoms with E-state index >= 15 is 0 Å². The summed E-state index contributed by atoms with van der Waals surface area (Å²) in [5.41, 5.74) is 1.12. The fourth-order valence-electron chi connectivity index (χ4n) is 2.99. The second-order valence-electron chi connectivity index (χ2n) is 5.65. The quantitative estimate of drug-likeness (QED) is 0.491. The third kappa shape index (κ3) is 3.32. The largest absolute Gasteiger partial charge is 0.424 e. The van der Waals surface area contributed by atoms with E-state index in [0.29, 0.717) is 17.1 Å². The van der Waals surface area contributed by atoms with Gasteiger partial charge in [-0.25, -0.2) is 0 Å². The SMILES string of the molecule is O=[N+]([O-])c1ccc2oc(NCCCC3CCCC3)nc2c1. The Bertz CT molecular complexity index is 632. The first-order valence-electron chi connectivity index (χ1n) is 7.51. The second-order valence-corrected chi connectivity index (χ2v) is 5.65. The molecule has 1 aliphatic rings. The molecule has 1 N–H and O–H groups in total. The molecule has 0 saturated heterocycles. The van der Waals surface area contributed by atoms with Gasteiger partial charge in [-0.05, 0) is 24.8 Å². The van der Waals surface area contributed by atoms with Crippen molar-refractivity contribution in [3.8, 4) is 0 Å². The molecule has 0 amide bonds. The number of non-ortho nitro benzene ring substituents is 1. The van der Waals surface area contributed by atoms with Crippen LogP contribution in [0.4, 0.5) is 11.7 Å². The number of nitro groups is 1. The van der Waals surface area contributed by atoms with Crippen molar-refractivity contribution in [2.75, 3.05) is 11.9 Å². The zero-order valence-electron chi connectivity index (χ0n) is 11.9. The first-order valence-corrected chi connectivity index (χ1v) is 7.51. The molecule has 1 aromatic heterocycles. The number of hydrogen-bond donors (Lipinski definition) is 1. The van der Waals surface area contributed by atoms with Crippen molar-refractivity contribution in [2.45, 2.75) is 38.5 Å². The molecule has 21 heavy (non-hydrogen) atoms. The molecule has 0 spiro atoms. The summed E-state index contributed by atoms with van der Waals surface area (Å²) in [6, 6.07) is 4.89. The van der Waals surface area contributed by atoms with Gasteiger partial charge in [0.25, 0.3) is 11.7 Å². The summed E-state index contributed by atoms with van der Waals surface area (Å²) in [7, 11) is 0. The zero-order chi connectivity index (χ0) is 14.7. The van der Waals surface area contributed by atoms with E-state index in [0.717, 1.165) is 18.9 Å². The van der Waals surface area contributed by atoms with E-state index in [1.807, 2.05) is 0 Å². The highest BCUT2D eigenvalue weighted by Crippen LogP contribution is 2.28. The van der Waals surface area contributed by atoms with E-state index in [1.165, 1.54) is 44.2 Å². The van der Waals surface area contributed by atoms with E-state index in [4.69, 9.17) is 4.42 Å². The summed E-state index contributed by atoms with van der Waals surface area (Å²) in [5.74, 6) is 0.887. The van der Waals surface area contributed by atoms with Crippen LogP contribution in [-0.4, -0.2) is 16.5 Å². The second kappa shape index (κ2) is 6.11. The normalized spacial score (nSPS) is 15.6. The van der Waals surface area contributed by atoms with Gasteiger partial charge in [0.15, 0.2) is 5.58 Å². The van der Waals surface area contributed by atoms with Gasteiger partial charge in [-0.3, -0.25) is 10.1 Å². The fraction of sp³-hybridized carbons (Fsp3) is 0.533. The molecule has 1 aromatic carbocycles. The molecule has 1 saturated carbocycles. The standard InChI is InChI=1S/C15H19N3O3/c19-18(20)12-7-8-14-13(10-12)17-15(21-14)16-9-3-6-11-4-1-2-5-11/h7-8,10-11H,1-6,9H2,(H,16,17). The van der Waals surface area contributed by atoms with Crippen LogP contribution in [0.2, 0.25) is 0 Å². The van der Waals surface area contributed by atoms with Crippen molar-refractivity contribution >= 4 is 22.8 Å². The summed E-state index contributed by atoms with van der Waals surface area (Å²) in [4.78, 5) is 14.5. The number of benzene rings is 1. The third-order valence-electron chi connectivity index (χ3n) is 4.12. The van der Waals surface area contributed by atoms with Crippen molar-refractivity contribution in [2.24, 2.45) is 5.92 Å². The Morgan fingerprint density at radius 1 is 1.38 bits per heavy atom. The molecule has 6 heteroatoms. The van der Waals surface area contributed by atoms with Crippen molar-refractivity contribution in [1.82, 2.24) is 4.98 Å². The van der Waals surface area contributed by atoms with E-state index < -0.39 is 4.92 Å². The monoisotopic (exact) mass is 289 g/mol. The molecule has 2 aromatic rings. The lowest BCUT2D eigenvalue weighted by Crippen LogP contribution is -2.04. The van der Waals surface area contributed by atoms with E-state index in [2.05, 4.69) is 10.3 Å². The minimum atomic E-state index is -0.428. The third-order valence-corrected chi connectivity index (χ3v) is 4.12. The van der Waals surface area contributed by atoms with Crippen LogP contribution >= 0.6 is 0 Å². The summed E-state index contributed by atoms with van der Waals surface area (Å²) in [6.45, 7) is 0.825. The van der Waals surface area contributed by atoms with Gasteiger partial charge >= 0.3 is 0 Å². The predicted octanol–water partition coefficient (Wildman–Crippen LogP) is 4.12. The zero-order valence-corrected chi connectivity index (χ0v) is 11.9. The van der Waals surface area contributed by atoms with Crippen LogP contribution in [0.3, 0.4) is 0 Å². The maximum atomic E-state index is 10.7. The van der Waals surface area contributed by atoms with Crippen molar-refractivity contribution in [1.29, 1.82) is 0 Å². The number of hydrogen-bond acceptors (Lipinski definition) is 5. The van der Waals surface area contributed by atoms with E-state index in [1.54, 1.807) is 6.07 Å². The maximum Gasteiger partial charge on any atom is 0.295 e. The first kappa shape index (κ1) is 13.9. The topological polar surface area (TPSA) is 81.2 Å². The van der Waals surface area contributed by atoms with Crippen molar-refractivity contribution in [3.63, 3.8) is 0 Å². The lowest BCUT2D eigenvalue weighted by atomic mass is 10.0. The highest BCUT2D eigenvalue weighted by atomic mass is 16.6. The molecule has 0 aliphatic heterocycles. The van der Waals surface area contributed by atoms with Crippen LogP contribution in [0.5, 0.6) is 0 Å². The number of nitrogens with one attached hydrogen (secondary N) is 1. The molecule has 0 unspecified atom stereocenters. The average molecular weight is 289 g/mol. The highest BCUT2D eigenvalue weighted by Gasteiger charge is 2.14. The molecule has 0 radical (unpaired) electrons. The number of rotatable bonds is 6. The van der Waals surface area contributed by atoms with Gasteiger partial charge in [0, 0.05) is 18.7 Å². The minimum absolute atomic E-state index is 0.0311. The molecule has 1 heterocycles. The average Bonchev–Trinajstić information content (AvgIpc) is 3.11. The Morgan fingerprint density at radius 2 is 2.19 bits per heavy atom. The van der Waals surface area contributed by atoms with Gasteiger partial charge in [-0.15, -0.1) is 0 Å². The van der Waals surface area contributed by atoms with E-state index in [-0.39, 0.29) is 5.69 Å². The molecule has 6 nitrogen and oxygen atoms in total. The first-order chi connectivity index (χ1) is 10.2. The number of nitro benzene ring substituents is 1. The highest BCUT2D eigenvalue weighted by molar-refractivity contribution is 5.77. The number of oxazole rings is 1. The Kier molecular flexibility index (Phi) is 4.03. The molecular formula is C15H19N3O3. The number of nitrogens with zero attached hydrogens (tertiary/aromatic N) is 2. The summed E-state index contributed by atoms with van der Waals surface area (Å²) in [5, 5.41) is 13.9. The van der Waals surface area contributed by atoms with Crippen molar-refractivity contribution in [3.05, 3.63) is 28.3 Å². The minimum Gasteiger partial charge on any atom is -0.424 e. The maximum absolute atomic E-state index is 10.7. The van der Waals surface area contributed by atoms with Crippen LogP contribution < -0.4 is 5.32 Å². The van der Waals surface area contributed by atoms with Crippen LogP contribution in [0, 0.1) is 16.0 Å². The summed E-state index contributed by atoms with van der Waals surface area (Å²) < 4.78 is 5.53. The fourth-order valence-corrected chi connectivity index (χ4v) is 2.99. The van der Waals surface area contributed by atoms with Crippen molar-refractivity contribution < 1.29 is 9.34 Å². The lowest BCUT2D eigenvalue weighted by molar-refractivity contribution is -0.384. The number of aromatic nitrogens is 1. The van der Waals surface area contributed by atoms with Gasteiger partial charge in [-0.2, -0.15) is 4.98 Å². The van der Waals surface area contributed by atoms with Crippen LogP contribution in [0.1, 0.15) is 38.5 Å². The Morgan fingerprint density at radius 3 is 2.95 bits per heavy atom. The summed E-state index contributed by atoms with van der Waals surface area (Å²) >= 11 is 0. The Balaban J connectivity index is 1.55. The van der Waals surface area contributed by atoms with E-state index in [9.17, 15) is 10.1 Å². The van der Waals surface area contributed by atoms with Gasteiger partial charge in [-0.1, -0.05) is 25.7 Å².